The van der Waals surface area contributed by atoms with Crippen molar-refractivity contribution >= 4 is 15.9 Å². The molecule has 1 aromatic heterocycles. The topological polar surface area (TPSA) is 71.7 Å². The number of ether oxygens (including phenoxy) is 1. The van der Waals surface area contributed by atoms with Gasteiger partial charge in [-0.2, -0.15) is 0 Å². The average molecular weight is 322 g/mol. The van der Waals surface area contributed by atoms with Crippen LogP contribution in [0.15, 0.2) is 21.5 Å². The Balaban J connectivity index is 2.40. The molecule has 5 nitrogen and oxygen atoms in total. The highest BCUT2D eigenvalue weighted by atomic mass is 79.9. The van der Waals surface area contributed by atoms with E-state index in [4.69, 9.17) is 9.84 Å². The first-order chi connectivity index (χ1) is 8.46. The molecule has 1 atom stereocenters. The van der Waals surface area contributed by atoms with Gasteiger partial charge in [0.1, 0.15) is 0 Å². The molecule has 1 fully saturated rings. The maximum Gasteiger partial charge on any atom is 0.257 e. The molecule has 1 aliphatic rings. The van der Waals surface area contributed by atoms with Crippen LogP contribution in [0.5, 0.6) is 0 Å². The maximum absolute atomic E-state index is 14.2. The zero-order valence-electron chi connectivity index (χ0n) is 9.47. The van der Waals surface area contributed by atoms with Gasteiger partial charge in [0, 0.05) is 10.7 Å². The van der Waals surface area contributed by atoms with Gasteiger partial charge in [0.05, 0.1) is 38.0 Å². The Morgan fingerprint density at radius 3 is 2.78 bits per heavy atom. The van der Waals surface area contributed by atoms with Gasteiger partial charge in [-0.05, 0) is 22.0 Å². The highest BCUT2D eigenvalue weighted by Crippen LogP contribution is 2.32. The summed E-state index contributed by atoms with van der Waals surface area (Å²) in [4.78, 5) is 12.1. The minimum Gasteiger partial charge on any atom is -0.394 e. The molecule has 7 heteroatoms. The Morgan fingerprint density at radius 2 is 2.28 bits per heavy atom. The van der Waals surface area contributed by atoms with Gasteiger partial charge >= 0.3 is 0 Å². The Bertz CT molecular complexity index is 500. The van der Waals surface area contributed by atoms with E-state index in [9.17, 15) is 14.3 Å². The van der Waals surface area contributed by atoms with Crippen molar-refractivity contribution in [2.75, 3.05) is 19.8 Å². The van der Waals surface area contributed by atoms with Crippen molar-refractivity contribution in [1.82, 2.24) is 4.57 Å². The van der Waals surface area contributed by atoms with Crippen molar-refractivity contribution in [1.29, 1.82) is 0 Å². The number of hydrogen-bond donors (Lipinski definition) is 2. The van der Waals surface area contributed by atoms with Gasteiger partial charge < -0.3 is 19.5 Å². The molecule has 100 valence electrons. The molecule has 2 rings (SSSR count). The lowest BCUT2D eigenvalue weighted by atomic mass is 9.95. The van der Waals surface area contributed by atoms with E-state index >= 15 is 0 Å². The van der Waals surface area contributed by atoms with Gasteiger partial charge in [-0.25, -0.2) is 4.39 Å². The predicted molar refractivity (Wildman–Crippen MR) is 65.1 cm³/mol. The number of alkyl halides is 1. The molecule has 0 aliphatic carbocycles. The molecule has 1 aromatic rings. The third-order valence-electron chi connectivity index (χ3n) is 2.82. The molecule has 1 saturated heterocycles. The lowest BCUT2D eigenvalue weighted by molar-refractivity contribution is -0.136. The lowest BCUT2D eigenvalue weighted by Gasteiger charge is -2.33. The minimum absolute atomic E-state index is 0.00765. The van der Waals surface area contributed by atoms with E-state index in [2.05, 4.69) is 15.9 Å². The van der Waals surface area contributed by atoms with Crippen LogP contribution >= 0.6 is 15.9 Å². The summed E-state index contributed by atoms with van der Waals surface area (Å²) in [5, 5.41) is 18.1. The number of hydrogen-bond acceptors (Lipinski definition) is 4. The molecular formula is C11H13BrFNO4. The van der Waals surface area contributed by atoms with Crippen molar-refractivity contribution in [2.24, 2.45) is 0 Å². The normalized spacial score (nSPS) is 19.3. The van der Waals surface area contributed by atoms with Crippen LogP contribution in [0.1, 0.15) is 5.56 Å². The maximum atomic E-state index is 14.2. The van der Waals surface area contributed by atoms with Gasteiger partial charge in [-0.1, -0.05) is 0 Å². The summed E-state index contributed by atoms with van der Waals surface area (Å²) in [6, 6.07) is 1.42. The summed E-state index contributed by atoms with van der Waals surface area (Å²) in [6.45, 7) is -0.820. The third-order valence-corrected chi connectivity index (χ3v) is 3.25. The Labute approximate surface area is 111 Å². The second-order valence-corrected chi connectivity index (χ2v) is 5.24. The van der Waals surface area contributed by atoms with Gasteiger partial charge in [0.25, 0.3) is 5.56 Å². The quantitative estimate of drug-likeness (QED) is 0.828. The van der Waals surface area contributed by atoms with Gasteiger partial charge in [-0.3, -0.25) is 4.79 Å². The molecule has 0 amide bonds. The van der Waals surface area contributed by atoms with E-state index in [1.165, 1.54) is 16.8 Å². The third kappa shape index (κ3) is 2.49. The molecule has 2 N–H and O–H groups in total. The molecule has 0 unspecified atom stereocenters. The number of aliphatic hydroxyl groups excluding tert-OH is 2. The Morgan fingerprint density at radius 1 is 1.61 bits per heavy atom. The van der Waals surface area contributed by atoms with Crippen LogP contribution in [0.25, 0.3) is 0 Å². The van der Waals surface area contributed by atoms with Gasteiger partial charge in [0.15, 0.2) is 5.67 Å². The first-order valence-electron chi connectivity index (χ1n) is 5.42. The molecule has 0 spiro atoms. The number of nitrogens with zero attached hydrogens (tertiary/aromatic N) is 1. The monoisotopic (exact) mass is 321 g/mol. The number of aliphatic hydroxyl groups is 2. The van der Waals surface area contributed by atoms with Crippen LogP contribution in [0.3, 0.4) is 0 Å². The minimum atomic E-state index is -1.76. The average Bonchev–Trinajstić information content (AvgIpc) is 2.30. The van der Waals surface area contributed by atoms with Crippen LogP contribution in [0.4, 0.5) is 4.39 Å². The molecule has 1 aliphatic heterocycles. The summed E-state index contributed by atoms with van der Waals surface area (Å²) in [5.41, 5.74) is -2.27. The van der Waals surface area contributed by atoms with E-state index in [1.54, 1.807) is 0 Å². The highest BCUT2D eigenvalue weighted by molar-refractivity contribution is 9.10. The Hall–Kier alpha value is -0.760. The lowest BCUT2D eigenvalue weighted by Crippen LogP contribution is -2.47. The van der Waals surface area contributed by atoms with Crippen molar-refractivity contribution in [3.63, 3.8) is 0 Å². The molecule has 0 aromatic carbocycles. The number of halogens is 2. The summed E-state index contributed by atoms with van der Waals surface area (Å²) in [6.07, 6.45) is 0.395. The molecule has 2 heterocycles. The molecule has 18 heavy (non-hydrogen) atoms. The van der Waals surface area contributed by atoms with Crippen LogP contribution in [-0.4, -0.2) is 40.7 Å². The predicted octanol–water partition coefficient (Wildman–Crippen LogP) is 0.159. The van der Waals surface area contributed by atoms with Crippen LogP contribution < -0.4 is 5.56 Å². The Kier molecular flexibility index (Phi) is 3.86. The second kappa shape index (κ2) is 5.08. The zero-order valence-corrected chi connectivity index (χ0v) is 11.1. The summed E-state index contributed by atoms with van der Waals surface area (Å²) in [7, 11) is 0. The van der Waals surface area contributed by atoms with Crippen molar-refractivity contribution in [2.45, 2.75) is 18.3 Å². The van der Waals surface area contributed by atoms with E-state index in [0.717, 1.165) is 0 Å². The first kappa shape index (κ1) is 13.7. The SMILES string of the molecule is O=c1c(C2(F)COC2)cc(Br)cn1C[C@@H](O)CO. The fourth-order valence-electron chi connectivity index (χ4n) is 1.78. The van der Waals surface area contributed by atoms with Crippen LogP contribution in [0, 0.1) is 0 Å². The number of rotatable bonds is 4. The fraction of sp³-hybridized carbons (Fsp3) is 0.545. The highest BCUT2D eigenvalue weighted by Gasteiger charge is 2.43. The van der Waals surface area contributed by atoms with E-state index < -0.39 is 23.9 Å². The van der Waals surface area contributed by atoms with Crippen molar-refractivity contribution in [3.05, 3.63) is 32.7 Å². The zero-order chi connectivity index (χ0) is 13.3. The number of aromatic nitrogens is 1. The van der Waals surface area contributed by atoms with Crippen molar-refractivity contribution in [3.8, 4) is 0 Å². The second-order valence-electron chi connectivity index (χ2n) is 4.32. The van der Waals surface area contributed by atoms with Gasteiger partial charge in [0.2, 0.25) is 0 Å². The number of pyridine rings is 1. The molecule has 0 radical (unpaired) electrons. The van der Waals surface area contributed by atoms with Crippen LogP contribution in [0.2, 0.25) is 0 Å². The van der Waals surface area contributed by atoms with E-state index in [1.807, 2.05) is 0 Å². The van der Waals surface area contributed by atoms with Crippen LogP contribution in [-0.2, 0) is 17.0 Å². The first-order valence-corrected chi connectivity index (χ1v) is 6.21. The van der Waals surface area contributed by atoms with E-state index in [0.29, 0.717) is 4.47 Å². The summed E-state index contributed by atoms with van der Waals surface area (Å²) in [5.74, 6) is 0. The largest absolute Gasteiger partial charge is 0.394 e. The van der Waals surface area contributed by atoms with Crippen molar-refractivity contribution < 1.29 is 19.3 Å². The molecular weight excluding hydrogens is 309 g/mol. The summed E-state index contributed by atoms with van der Waals surface area (Å²) < 4.78 is 20.7. The molecule has 0 bridgehead atoms. The summed E-state index contributed by atoms with van der Waals surface area (Å²) >= 11 is 3.19. The van der Waals surface area contributed by atoms with E-state index in [-0.39, 0.29) is 25.3 Å². The smallest absolute Gasteiger partial charge is 0.257 e. The standard InChI is InChI=1S/C11H13BrFNO4/c12-7-1-9(11(13)5-18-6-11)10(17)14(2-7)3-8(16)4-15/h1-2,8,15-16H,3-6H2/t8-/m1/s1. The van der Waals surface area contributed by atoms with Gasteiger partial charge in [-0.15, -0.1) is 0 Å². The molecule has 0 saturated carbocycles. The fourth-order valence-corrected chi connectivity index (χ4v) is 2.25.